The highest BCUT2D eigenvalue weighted by atomic mass is 32.2. The van der Waals surface area contributed by atoms with E-state index in [2.05, 4.69) is 31.1 Å². The zero-order valence-corrected chi connectivity index (χ0v) is 28.7. The number of nitrogens with zero attached hydrogens (tertiary/aromatic N) is 1. The lowest BCUT2D eigenvalue weighted by molar-refractivity contribution is -0.150. The van der Waals surface area contributed by atoms with Crippen molar-refractivity contribution in [3.05, 3.63) is 36.0 Å². The summed E-state index contributed by atoms with van der Waals surface area (Å²) in [6, 6.07) is 8.93. The SMILES string of the molecule is CC[Si](CC)(CC)O[C@H](c1ccnc2ccc(OC)cc12)[C@@H](NC(=O)OC(C)(C)C)[C@H](CCCOS(C)(=O)=O)OC(C)=O. The zero-order chi connectivity index (χ0) is 32.4. The van der Waals surface area contributed by atoms with Crippen LogP contribution in [0.4, 0.5) is 4.79 Å². The van der Waals surface area contributed by atoms with Crippen LogP contribution in [0.25, 0.3) is 10.9 Å². The van der Waals surface area contributed by atoms with Gasteiger partial charge < -0.3 is 24.0 Å². The first-order valence-electron chi connectivity index (χ1n) is 14.7. The maximum atomic E-state index is 13.3. The summed E-state index contributed by atoms with van der Waals surface area (Å²) < 4.78 is 52.2. The molecule has 0 bridgehead atoms. The number of amides is 1. The number of benzene rings is 1. The molecule has 13 heteroatoms. The van der Waals surface area contributed by atoms with Crippen molar-refractivity contribution in [1.29, 1.82) is 0 Å². The summed E-state index contributed by atoms with van der Waals surface area (Å²) in [6.45, 7) is 12.8. The van der Waals surface area contributed by atoms with Crippen molar-refractivity contribution in [2.75, 3.05) is 20.0 Å². The van der Waals surface area contributed by atoms with Gasteiger partial charge in [0.15, 0.2) is 8.32 Å². The van der Waals surface area contributed by atoms with E-state index in [1.54, 1.807) is 34.1 Å². The van der Waals surface area contributed by atoms with E-state index in [1.807, 2.05) is 24.3 Å². The number of hydrogen-bond acceptors (Lipinski definition) is 10. The Morgan fingerprint density at radius 3 is 2.26 bits per heavy atom. The number of pyridine rings is 1. The Morgan fingerprint density at radius 2 is 1.72 bits per heavy atom. The molecule has 0 aliphatic heterocycles. The van der Waals surface area contributed by atoms with E-state index in [1.165, 1.54) is 6.92 Å². The molecule has 3 atom stereocenters. The highest BCUT2D eigenvalue weighted by Crippen LogP contribution is 2.38. The number of aromatic nitrogens is 1. The summed E-state index contributed by atoms with van der Waals surface area (Å²) in [4.78, 5) is 30.3. The van der Waals surface area contributed by atoms with Crippen LogP contribution in [0, 0.1) is 0 Å². The normalized spacial score (nSPS) is 14.5. The van der Waals surface area contributed by atoms with E-state index < -0.39 is 54.3 Å². The third-order valence-corrected chi connectivity index (χ3v) is 12.5. The molecule has 0 saturated carbocycles. The number of carbonyl (C=O) groups excluding carboxylic acids is 2. The van der Waals surface area contributed by atoms with E-state index >= 15 is 0 Å². The number of rotatable bonds is 16. The molecule has 11 nitrogen and oxygen atoms in total. The predicted molar refractivity (Wildman–Crippen MR) is 168 cm³/mol. The van der Waals surface area contributed by atoms with E-state index in [0.29, 0.717) is 11.3 Å². The van der Waals surface area contributed by atoms with Crippen LogP contribution in [0.2, 0.25) is 18.1 Å². The topological polar surface area (TPSA) is 139 Å². The molecule has 0 spiro atoms. The molecule has 2 aromatic rings. The average molecular weight is 641 g/mol. The lowest BCUT2D eigenvalue weighted by Gasteiger charge is -2.40. The molecule has 0 unspecified atom stereocenters. The second kappa shape index (κ2) is 15.8. The second-order valence-corrected chi connectivity index (χ2v) is 17.9. The zero-order valence-electron chi connectivity index (χ0n) is 26.9. The monoisotopic (exact) mass is 640 g/mol. The molecule has 1 aromatic carbocycles. The van der Waals surface area contributed by atoms with E-state index in [0.717, 1.165) is 35.3 Å². The molecule has 2 rings (SSSR count). The van der Waals surface area contributed by atoms with Crippen LogP contribution >= 0.6 is 0 Å². The molecule has 1 N–H and O–H groups in total. The minimum absolute atomic E-state index is 0.117. The highest BCUT2D eigenvalue weighted by Gasteiger charge is 2.42. The van der Waals surface area contributed by atoms with Crippen LogP contribution < -0.4 is 10.1 Å². The van der Waals surface area contributed by atoms with Gasteiger partial charge in [0.25, 0.3) is 10.1 Å². The van der Waals surface area contributed by atoms with Crippen LogP contribution in [0.1, 0.15) is 73.0 Å². The van der Waals surface area contributed by atoms with Crippen LogP contribution in [-0.2, 0) is 33.0 Å². The van der Waals surface area contributed by atoms with Gasteiger partial charge >= 0.3 is 12.1 Å². The first kappa shape index (κ1) is 36.4. The fraction of sp³-hybridized carbons (Fsp3) is 0.633. The number of alkyl carbamates (subject to hydrolysis) is 1. The van der Waals surface area contributed by atoms with Gasteiger partial charge in [-0.15, -0.1) is 0 Å². The van der Waals surface area contributed by atoms with Gasteiger partial charge in [-0.05, 0) is 81.6 Å². The smallest absolute Gasteiger partial charge is 0.408 e. The number of esters is 1. The van der Waals surface area contributed by atoms with Crippen LogP contribution in [-0.4, -0.2) is 71.5 Å². The standard InChI is InChI=1S/C30H48N2O9SSi/c1-10-43(11-2,12-3)41-28(23-17-18-31-25-16-15-22(37-8)20-24(23)25)27(32-29(34)40-30(5,6)7)26(39-21(4)33)14-13-19-38-42(9,35)36/h15-18,20,26-28H,10-14,19H2,1-9H3,(H,32,34)/t26-,27-,28+/m0/s1. The van der Waals surface area contributed by atoms with Gasteiger partial charge in [-0.25, -0.2) is 4.79 Å². The maximum absolute atomic E-state index is 13.3. The van der Waals surface area contributed by atoms with Gasteiger partial charge in [0.05, 0.1) is 37.6 Å². The Labute approximate surface area is 257 Å². The molecular weight excluding hydrogens is 592 g/mol. The van der Waals surface area contributed by atoms with Crippen molar-refractivity contribution in [3.8, 4) is 5.75 Å². The number of ether oxygens (including phenoxy) is 3. The molecule has 0 aliphatic carbocycles. The van der Waals surface area contributed by atoms with Gasteiger partial charge in [0, 0.05) is 18.5 Å². The van der Waals surface area contributed by atoms with Crippen molar-refractivity contribution in [2.24, 2.45) is 0 Å². The molecule has 43 heavy (non-hydrogen) atoms. The Kier molecular flexibility index (Phi) is 13.4. The number of carbonyl (C=O) groups is 2. The quantitative estimate of drug-likeness (QED) is 0.102. The Bertz CT molecular complexity index is 1320. The van der Waals surface area contributed by atoms with Gasteiger partial charge in [0.1, 0.15) is 17.5 Å². The van der Waals surface area contributed by atoms with E-state index in [4.69, 9.17) is 22.8 Å². The first-order valence-corrected chi connectivity index (χ1v) is 19.0. The minimum Gasteiger partial charge on any atom is -0.497 e. The Morgan fingerprint density at radius 1 is 1.07 bits per heavy atom. The van der Waals surface area contributed by atoms with E-state index in [-0.39, 0.29) is 19.4 Å². The van der Waals surface area contributed by atoms with Crippen molar-refractivity contribution in [2.45, 2.75) is 103 Å². The number of nitrogens with one attached hydrogen (secondary N) is 1. The third kappa shape index (κ3) is 11.4. The van der Waals surface area contributed by atoms with Crippen LogP contribution in [0.3, 0.4) is 0 Å². The number of fused-ring (bicyclic) bond motifs is 1. The summed E-state index contributed by atoms with van der Waals surface area (Å²) in [5, 5.41) is 3.73. The Hall–Kier alpha value is -2.74. The van der Waals surface area contributed by atoms with Crippen LogP contribution in [0.15, 0.2) is 30.5 Å². The summed E-state index contributed by atoms with van der Waals surface area (Å²) in [6.07, 6.45) is 0.664. The van der Waals surface area contributed by atoms with Crippen molar-refractivity contribution in [3.63, 3.8) is 0 Å². The van der Waals surface area contributed by atoms with Crippen molar-refractivity contribution < 1.29 is 40.8 Å². The molecule has 1 amide bonds. The first-order chi connectivity index (χ1) is 20.1. The summed E-state index contributed by atoms with van der Waals surface area (Å²) in [5.41, 5.74) is 0.642. The number of methoxy groups -OCH3 is 1. The van der Waals surface area contributed by atoms with Gasteiger partial charge in [-0.2, -0.15) is 8.42 Å². The average Bonchev–Trinajstić information content (AvgIpc) is 2.92. The molecular formula is C30H48N2O9SSi. The highest BCUT2D eigenvalue weighted by molar-refractivity contribution is 7.85. The number of hydrogen-bond donors (Lipinski definition) is 1. The molecule has 0 saturated heterocycles. The van der Waals surface area contributed by atoms with Crippen molar-refractivity contribution in [1.82, 2.24) is 10.3 Å². The third-order valence-electron chi connectivity index (χ3n) is 7.26. The second-order valence-electron chi connectivity index (χ2n) is 11.6. The lowest BCUT2D eigenvalue weighted by Crippen LogP contribution is -2.53. The largest absolute Gasteiger partial charge is 0.497 e. The molecule has 0 aliphatic rings. The molecule has 1 aromatic heterocycles. The van der Waals surface area contributed by atoms with Crippen LogP contribution in [0.5, 0.6) is 5.75 Å². The van der Waals surface area contributed by atoms with Gasteiger partial charge in [-0.1, -0.05) is 20.8 Å². The Balaban J connectivity index is 2.79. The van der Waals surface area contributed by atoms with E-state index in [9.17, 15) is 18.0 Å². The predicted octanol–water partition coefficient (Wildman–Crippen LogP) is 5.89. The molecule has 0 fully saturated rings. The maximum Gasteiger partial charge on any atom is 0.408 e. The minimum atomic E-state index is -3.66. The summed E-state index contributed by atoms with van der Waals surface area (Å²) in [5.74, 6) is 0.0617. The molecule has 1 heterocycles. The lowest BCUT2D eigenvalue weighted by atomic mass is 9.93. The fourth-order valence-corrected chi connectivity index (χ4v) is 8.18. The van der Waals surface area contributed by atoms with Crippen molar-refractivity contribution >= 4 is 41.4 Å². The fourth-order valence-electron chi connectivity index (χ4n) is 4.95. The molecule has 0 radical (unpaired) electrons. The van der Waals surface area contributed by atoms with Gasteiger partial charge in [-0.3, -0.25) is 14.0 Å². The molecule has 242 valence electrons. The summed E-state index contributed by atoms with van der Waals surface area (Å²) >= 11 is 0. The van der Waals surface area contributed by atoms with Gasteiger partial charge in [0.2, 0.25) is 0 Å². The summed E-state index contributed by atoms with van der Waals surface area (Å²) in [7, 11) is -4.45.